The average Bonchev–Trinajstić information content (AvgIpc) is 2.62. The van der Waals surface area contributed by atoms with E-state index < -0.39 is 5.91 Å². The topological polar surface area (TPSA) is 73.8 Å². The molecule has 0 saturated carbocycles. The molecule has 0 bridgehead atoms. The van der Waals surface area contributed by atoms with Crippen molar-refractivity contribution in [2.24, 2.45) is 5.73 Å². The highest BCUT2D eigenvalue weighted by Crippen LogP contribution is 2.10. The van der Waals surface area contributed by atoms with Crippen molar-refractivity contribution < 1.29 is 4.79 Å². The van der Waals surface area contributed by atoms with Crippen LogP contribution in [0, 0.1) is 6.92 Å². The van der Waals surface area contributed by atoms with E-state index in [0.29, 0.717) is 11.3 Å². The Labute approximate surface area is 86.5 Å². The van der Waals surface area contributed by atoms with Crippen LogP contribution in [0.2, 0.25) is 0 Å². The van der Waals surface area contributed by atoms with Crippen LogP contribution in [0.3, 0.4) is 0 Å². The average molecular weight is 202 g/mol. The Balaban J connectivity index is 2.48. The minimum absolute atomic E-state index is 0.437. The second kappa shape index (κ2) is 3.53. The number of hydrogen-bond donors (Lipinski definition) is 1. The molecule has 0 aliphatic rings. The number of nitrogens with two attached hydrogens (primary N) is 1. The van der Waals surface area contributed by atoms with E-state index in [-0.39, 0.29) is 0 Å². The molecule has 0 atom stereocenters. The van der Waals surface area contributed by atoms with Crippen molar-refractivity contribution in [3.63, 3.8) is 0 Å². The third-order valence-electron chi connectivity index (χ3n) is 2.09. The molecule has 2 aromatic rings. The highest BCUT2D eigenvalue weighted by molar-refractivity contribution is 5.93. The van der Waals surface area contributed by atoms with Crippen molar-refractivity contribution in [3.05, 3.63) is 42.0 Å². The van der Waals surface area contributed by atoms with Crippen molar-refractivity contribution >= 4 is 5.91 Å². The molecule has 1 amide bonds. The van der Waals surface area contributed by atoms with E-state index in [1.165, 1.54) is 0 Å². The number of aryl methyl sites for hydroxylation is 1. The van der Waals surface area contributed by atoms with Crippen LogP contribution in [-0.2, 0) is 0 Å². The Kier molecular flexibility index (Phi) is 2.21. The van der Waals surface area contributed by atoms with Crippen LogP contribution < -0.4 is 5.73 Å². The molecule has 0 aromatic carbocycles. The van der Waals surface area contributed by atoms with Gasteiger partial charge in [0.25, 0.3) is 5.91 Å². The fourth-order valence-corrected chi connectivity index (χ4v) is 1.33. The molecule has 5 nitrogen and oxygen atoms in total. The van der Waals surface area contributed by atoms with Crippen LogP contribution in [0.4, 0.5) is 0 Å². The maximum atomic E-state index is 11.0. The zero-order chi connectivity index (χ0) is 10.8. The number of primary amides is 1. The van der Waals surface area contributed by atoms with E-state index in [2.05, 4.69) is 10.1 Å². The van der Waals surface area contributed by atoms with E-state index in [1.54, 1.807) is 42.3 Å². The van der Waals surface area contributed by atoms with E-state index in [4.69, 9.17) is 5.73 Å². The zero-order valence-corrected chi connectivity index (χ0v) is 8.21. The van der Waals surface area contributed by atoms with Crippen LogP contribution in [0.25, 0.3) is 5.69 Å². The predicted octanol–water partition coefficient (Wildman–Crippen LogP) is 0.675. The van der Waals surface area contributed by atoms with Crippen molar-refractivity contribution in [2.45, 2.75) is 6.92 Å². The third kappa shape index (κ3) is 1.71. The molecule has 76 valence electrons. The molecular formula is C10H10N4O. The molecule has 15 heavy (non-hydrogen) atoms. The van der Waals surface area contributed by atoms with E-state index >= 15 is 0 Å². The molecule has 0 radical (unpaired) electrons. The molecule has 0 unspecified atom stereocenters. The fourth-order valence-electron chi connectivity index (χ4n) is 1.33. The number of carbonyl (C=O) groups is 1. The molecule has 2 heterocycles. The first-order chi connectivity index (χ1) is 7.18. The van der Waals surface area contributed by atoms with Gasteiger partial charge in [-0.05, 0) is 19.1 Å². The molecule has 2 rings (SSSR count). The minimum Gasteiger partial charge on any atom is -0.365 e. The number of aromatic nitrogens is 3. The number of nitrogens with zero attached hydrogens (tertiary/aromatic N) is 3. The molecule has 2 aromatic heterocycles. The van der Waals surface area contributed by atoms with Gasteiger partial charge in [-0.25, -0.2) is 4.68 Å². The van der Waals surface area contributed by atoms with Gasteiger partial charge >= 0.3 is 0 Å². The Hall–Kier alpha value is -2.17. The lowest BCUT2D eigenvalue weighted by molar-refractivity contribution is 0.0999. The fraction of sp³-hybridized carbons (Fsp3) is 0.100. The first kappa shape index (κ1) is 9.39. The van der Waals surface area contributed by atoms with E-state index in [1.807, 2.05) is 0 Å². The summed E-state index contributed by atoms with van der Waals surface area (Å²) in [5.74, 6) is -0.465. The summed E-state index contributed by atoms with van der Waals surface area (Å²) in [5, 5.41) is 4.19. The molecular weight excluding hydrogens is 192 g/mol. The predicted molar refractivity (Wildman–Crippen MR) is 54.6 cm³/mol. The first-order valence-electron chi connectivity index (χ1n) is 4.45. The van der Waals surface area contributed by atoms with Gasteiger partial charge in [0.15, 0.2) is 0 Å². The first-order valence-corrected chi connectivity index (χ1v) is 4.45. The number of amides is 1. The monoisotopic (exact) mass is 202 g/mol. The molecule has 2 N–H and O–H groups in total. The van der Waals surface area contributed by atoms with Crippen molar-refractivity contribution in [2.75, 3.05) is 0 Å². The standard InChI is InChI=1S/C10H10N4O/c1-7-9(10(11)15)6-14(13-7)8-2-4-12-5-3-8/h2-6H,1H3,(H2,11,15). The molecule has 5 heteroatoms. The van der Waals surface area contributed by atoms with Gasteiger partial charge in [0.1, 0.15) is 0 Å². The van der Waals surface area contributed by atoms with Gasteiger partial charge in [-0.3, -0.25) is 9.78 Å². The maximum Gasteiger partial charge on any atom is 0.252 e. The number of carbonyl (C=O) groups excluding carboxylic acids is 1. The van der Waals surface area contributed by atoms with Crippen LogP contribution in [0.5, 0.6) is 0 Å². The summed E-state index contributed by atoms with van der Waals surface area (Å²) < 4.78 is 1.61. The Morgan fingerprint density at radius 1 is 1.40 bits per heavy atom. The molecule has 0 fully saturated rings. The Bertz CT molecular complexity index is 489. The van der Waals surface area contributed by atoms with Gasteiger partial charge in [-0.2, -0.15) is 5.10 Å². The molecule has 0 spiro atoms. The van der Waals surface area contributed by atoms with Gasteiger partial charge in [0.2, 0.25) is 0 Å². The smallest absolute Gasteiger partial charge is 0.252 e. The highest BCUT2D eigenvalue weighted by atomic mass is 16.1. The van der Waals surface area contributed by atoms with Crippen molar-refractivity contribution in [3.8, 4) is 5.69 Å². The summed E-state index contributed by atoms with van der Waals surface area (Å²) in [5.41, 5.74) is 7.11. The number of pyridine rings is 1. The van der Waals surface area contributed by atoms with E-state index in [0.717, 1.165) is 5.69 Å². The van der Waals surface area contributed by atoms with Crippen LogP contribution in [0.15, 0.2) is 30.7 Å². The quantitative estimate of drug-likeness (QED) is 0.778. The summed E-state index contributed by atoms with van der Waals surface area (Å²) in [6.07, 6.45) is 4.94. The normalized spacial score (nSPS) is 10.2. The van der Waals surface area contributed by atoms with Crippen LogP contribution in [0.1, 0.15) is 16.1 Å². The lowest BCUT2D eigenvalue weighted by Gasteiger charge is -1.98. The third-order valence-corrected chi connectivity index (χ3v) is 2.09. The Morgan fingerprint density at radius 2 is 2.07 bits per heavy atom. The lowest BCUT2D eigenvalue weighted by atomic mass is 10.2. The summed E-state index contributed by atoms with van der Waals surface area (Å²) in [6, 6.07) is 3.61. The Morgan fingerprint density at radius 3 is 2.60 bits per heavy atom. The maximum absolute atomic E-state index is 11.0. The van der Waals surface area contributed by atoms with Crippen molar-refractivity contribution in [1.29, 1.82) is 0 Å². The molecule has 0 aliphatic heterocycles. The summed E-state index contributed by atoms with van der Waals surface area (Å²) >= 11 is 0. The minimum atomic E-state index is -0.465. The van der Waals surface area contributed by atoms with Gasteiger partial charge in [0.05, 0.1) is 16.9 Å². The zero-order valence-electron chi connectivity index (χ0n) is 8.21. The van der Waals surface area contributed by atoms with Crippen LogP contribution >= 0.6 is 0 Å². The van der Waals surface area contributed by atoms with E-state index in [9.17, 15) is 4.79 Å². The van der Waals surface area contributed by atoms with Gasteiger partial charge < -0.3 is 5.73 Å². The second-order valence-corrected chi connectivity index (χ2v) is 3.14. The molecule has 0 saturated heterocycles. The van der Waals surface area contributed by atoms with Crippen LogP contribution in [-0.4, -0.2) is 20.7 Å². The highest BCUT2D eigenvalue weighted by Gasteiger charge is 2.10. The van der Waals surface area contributed by atoms with Gasteiger partial charge in [-0.15, -0.1) is 0 Å². The lowest BCUT2D eigenvalue weighted by Crippen LogP contribution is -2.11. The SMILES string of the molecule is Cc1nn(-c2ccncc2)cc1C(N)=O. The molecule has 0 aliphatic carbocycles. The second-order valence-electron chi connectivity index (χ2n) is 3.14. The number of hydrogen-bond acceptors (Lipinski definition) is 3. The van der Waals surface area contributed by atoms with Gasteiger partial charge in [-0.1, -0.05) is 0 Å². The summed E-state index contributed by atoms with van der Waals surface area (Å²) in [7, 11) is 0. The number of rotatable bonds is 2. The largest absolute Gasteiger partial charge is 0.365 e. The van der Waals surface area contributed by atoms with Gasteiger partial charge in [0, 0.05) is 18.6 Å². The summed E-state index contributed by atoms with van der Waals surface area (Å²) in [4.78, 5) is 14.9. The van der Waals surface area contributed by atoms with Crippen molar-refractivity contribution in [1.82, 2.24) is 14.8 Å². The summed E-state index contributed by atoms with van der Waals surface area (Å²) in [6.45, 7) is 1.75.